The third kappa shape index (κ3) is 4.10. The molecule has 0 saturated heterocycles. The summed E-state index contributed by atoms with van der Waals surface area (Å²) in [5.41, 5.74) is 2.61. The van der Waals surface area contributed by atoms with Gasteiger partial charge in [0.2, 0.25) is 0 Å². The quantitative estimate of drug-likeness (QED) is 0.854. The molecule has 1 aromatic carbocycles. The van der Waals surface area contributed by atoms with Crippen LogP contribution < -0.4 is 5.32 Å². The molecule has 0 aliphatic rings. The fraction of sp³-hybridized carbons (Fsp3) is 0.312. The van der Waals surface area contributed by atoms with Crippen LogP contribution in [0.25, 0.3) is 0 Å². The second-order valence-electron chi connectivity index (χ2n) is 4.76. The van der Waals surface area contributed by atoms with Crippen LogP contribution in [-0.2, 0) is 19.5 Å². The van der Waals surface area contributed by atoms with Gasteiger partial charge in [-0.3, -0.25) is 0 Å². The van der Waals surface area contributed by atoms with E-state index in [1.807, 2.05) is 24.1 Å². The topological polar surface area (TPSA) is 28.4 Å². The van der Waals surface area contributed by atoms with E-state index in [2.05, 4.69) is 36.5 Å². The van der Waals surface area contributed by atoms with E-state index in [0.717, 1.165) is 23.8 Å². The molecular formula is C16H20N2OS. The van der Waals surface area contributed by atoms with Gasteiger partial charge >= 0.3 is 0 Å². The molecule has 3 nitrogen and oxygen atoms in total. The maximum Gasteiger partial charge on any atom is 0.169 e. The van der Waals surface area contributed by atoms with E-state index in [9.17, 15) is 0 Å². The van der Waals surface area contributed by atoms with Crippen LogP contribution in [0.1, 0.15) is 23.8 Å². The maximum atomic E-state index is 5.37. The molecule has 0 atom stereocenters. The van der Waals surface area contributed by atoms with Crippen molar-refractivity contribution in [1.29, 1.82) is 0 Å². The van der Waals surface area contributed by atoms with Gasteiger partial charge in [0.1, 0.15) is 5.76 Å². The summed E-state index contributed by atoms with van der Waals surface area (Å²) in [6, 6.07) is 12.5. The first-order chi connectivity index (χ1) is 9.69. The molecule has 0 fully saturated rings. The van der Waals surface area contributed by atoms with Gasteiger partial charge in [0.25, 0.3) is 0 Å². The molecule has 2 rings (SSSR count). The van der Waals surface area contributed by atoms with Gasteiger partial charge in [0.05, 0.1) is 12.8 Å². The zero-order valence-corrected chi connectivity index (χ0v) is 12.7. The van der Waals surface area contributed by atoms with Gasteiger partial charge < -0.3 is 14.6 Å². The Kier molecular flexibility index (Phi) is 5.18. The van der Waals surface area contributed by atoms with Gasteiger partial charge in [-0.15, -0.1) is 0 Å². The van der Waals surface area contributed by atoms with E-state index in [1.165, 1.54) is 11.1 Å². The number of rotatable bonds is 5. The summed E-state index contributed by atoms with van der Waals surface area (Å²) in [5.74, 6) is 0.882. The Bertz CT molecular complexity index is 534. The molecule has 0 aliphatic heterocycles. The molecule has 1 heterocycles. The van der Waals surface area contributed by atoms with Gasteiger partial charge in [0.15, 0.2) is 5.11 Å². The van der Waals surface area contributed by atoms with E-state index in [1.54, 1.807) is 6.26 Å². The van der Waals surface area contributed by atoms with Crippen LogP contribution in [0, 0.1) is 0 Å². The Morgan fingerprint density at radius 3 is 2.50 bits per heavy atom. The first-order valence-corrected chi connectivity index (χ1v) is 7.19. The van der Waals surface area contributed by atoms with Gasteiger partial charge in [-0.1, -0.05) is 31.2 Å². The van der Waals surface area contributed by atoms with Crippen molar-refractivity contribution in [1.82, 2.24) is 10.2 Å². The largest absolute Gasteiger partial charge is 0.467 e. The molecule has 20 heavy (non-hydrogen) atoms. The van der Waals surface area contributed by atoms with E-state index in [-0.39, 0.29) is 0 Å². The number of hydrogen-bond acceptors (Lipinski definition) is 2. The second-order valence-corrected chi connectivity index (χ2v) is 5.15. The van der Waals surface area contributed by atoms with Crippen LogP contribution in [-0.4, -0.2) is 17.1 Å². The molecule has 4 heteroatoms. The third-order valence-electron chi connectivity index (χ3n) is 3.19. The van der Waals surface area contributed by atoms with E-state index < -0.39 is 0 Å². The SMILES string of the molecule is CCc1ccc(CN(C)C(=S)NCc2ccco2)cc1. The van der Waals surface area contributed by atoms with Crippen LogP contribution in [0.15, 0.2) is 47.1 Å². The number of furan rings is 1. The van der Waals surface area contributed by atoms with Gasteiger partial charge in [-0.2, -0.15) is 0 Å². The fourth-order valence-corrected chi connectivity index (χ4v) is 2.07. The van der Waals surface area contributed by atoms with Crippen LogP contribution in [0.4, 0.5) is 0 Å². The minimum Gasteiger partial charge on any atom is -0.467 e. The normalized spacial score (nSPS) is 10.3. The highest BCUT2D eigenvalue weighted by atomic mass is 32.1. The monoisotopic (exact) mass is 288 g/mol. The van der Waals surface area contributed by atoms with Crippen molar-refractivity contribution in [2.75, 3.05) is 7.05 Å². The van der Waals surface area contributed by atoms with Crippen molar-refractivity contribution in [3.05, 3.63) is 59.5 Å². The smallest absolute Gasteiger partial charge is 0.169 e. The summed E-state index contributed by atoms with van der Waals surface area (Å²) in [5, 5.41) is 3.91. The van der Waals surface area contributed by atoms with Crippen LogP contribution >= 0.6 is 12.2 Å². The van der Waals surface area contributed by atoms with E-state index in [4.69, 9.17) is 16.6 Å². The Morgan fingerprint density at radius 2 is 1.90 bits per heavy atom. The Balaban J connectivity index is 1.83. The molecular weight excluding hydrogens is 268 g/mol. The number of aryl methyl sites for hydroxylation is 1. The lowest BCUT2D eigenvalue weighted by atomic mass is 10.1. The minimum atomic E-state index is 0.616. The minimum absolute atomic E-state index is 0.616. The van der Waals surface area contributed by atoms with Crippen molar-refractivity contribution >= 4 is 17.3 Å². The van der Waals surface area contributed by atoms with Crippen molar-refractivity contribution in [3.63, 3.8) is 0 Å². The van der Waals surface area contributed by atoms with Gasteiger partial charge in [-0.05, 0) is 41.9 Å². The summed E-state index contributed by atoms with van der Waals surface area (Å²) in [4.78, 5) is 2.03. The predicted molar refractivity (Wildman–Crippen MR) is 85.4 cm³/mol. The summed E-state index contributed by atoms with van der Waals surface area (Å²) in [6.45, 7) is 3.58. The number of nitrogens with zero attached hydrogens (tertiary/aromatic N) is 1. The highest BCUT2D eigenvalue weighted by Gasteiger charge is 2.05. The molecule has 0 bridgehead atoms. The first-order valence-electron chi connectivity index (χ1n) is 6.78. The van der Waals surface area contributed by atoms with Crippen molar-refractivity contribution in [2.45, 2.75) is 26.4 Å². The van der Waals surface area contributed by atoms with Crippen LogP contribution in [0.3, 0.4) is 0 Å². The predicted octanol–water partition coefficient (Wildman–Crippen LogP) is 3.35. The molecule has 0 spiro atoms. The molecule has 2 aromatic rings. The summed E-state index contributed by atoms with van der Waals surface area (Å²) in [7, 11) is 1.99. The lowest BCUT2D eigenvalue weighted by Gasteiger charge is -2.21. The highest BCUT2D eigenvalue weighted by molar-refractivity contribution is 7.80. The Labute approximate surface area is 125 Å². The van der Waals surface area contributed by atoms with Gasteiger partial charge in [-0.25, -0.2) is 0 Å². The zero-order chi connectivity index (χ0) is 14.4. The first kappa shape index (κ1) is 14.6. The molecule has 0 radical (unpaired) electrons. The van der Waals surface area contributed by atoms with Crippen molar-refractivity contribution < 1.29 is 4.42 Å². The number of nitrogens with one attached hydrogen (secondary N) is 1. The standard InChI is InChI=1S/C16H20N2OS/c1-3-13-6-8-14(9-7-13)12-18(2)16(20)17-11-15-5-4-10-19-15/h4-10H,3,11-12H2,1-2H3,(H,17,20). The van der Waals surface area contributed by atoms with Crippen LogP contribution in [0.5, 0.6) is 0 Å². The molecule has 1 N–H and O–H groups in total. The lowest BCUT2D eigenvalue weighted by Crippen LogP contribution is -2.36. The summed E-state index contributed by atoms with van der Waals surface area (Å²) < 4.78 is 5.27. The zero-order valence-electron chi connectivity index (χ0n) is 11.9. The fourth-order valence-electron chi connectivity index (χ4n) is 1.94. The van der Waals surface area contributed by atoms with E-state index >= 15 is 0 Å². The average molecular weight is 288 g/mol. The summed E-state index contributed by atoms with van der Waals surface area (Å²) in [6.07, 6.45) is 2.73. The lowest BCUT2D eigenvalue weighted by molar-refractivity contribution is 0.468. The number of hydrogen-bond donors (Lipinski definition) is 1. The van der Waals surface area contributed by atoms with Crippen LogP contribution in [0.2, 0.25) is 0 Å². The molecule has 0 unspecified atom stereocenters. The number of benzene rings is 1. The highest BCUT2D eigenvalue weighted by Crippen LogP contribution is 2.08. The van der Waals surface area contributed by atoms with Crippen molar-refractivity contribution in [2.24, 2.45) is 0 Å². The second kappa shape index (κ2) is 7.10. The van der Waals surface area contributed by atoms with Crippen molar-refractivity contribution in [3.8, 4) is 0 Å². The molecule has 0 saturated carbocycles. The van der Waals surface area contributed by atoms with E-state index in [0.29, 0.717) is 6.54 Å². The number of thiocarbonyl (C=S) groups is 1. The Hall–Kier alpha value is -1.81. The molecule has 106 valence electrons. The molecule has 1 aromatic heterocycles. The average Bonchev–Trinajstić information content (AvgIpc) is 2.98. The summed E-state index contributed by atoms with van der Waals surface area (Å²) >= 11 is 5.37. The molecule has 0 amide bonds. The Morgan fingerprint density at radius 1 is 1.20 bits per heavy atom. The van der Waals surface area contributed by atoms with Gasteiger partial charge in [0, 0.05) is 13.6 Å². The molecule has 0 aliphatic carbocycles. The maximum absolute atomic E-state index is 5.37. The third-order valence-corrected chi connectivity index (χ3v) is 3.65.